The second kappa shape index (κ2) is 7.98. The normalized spacial score (nSPS) is 11.1. The number of nitro benzene ring substituents is 1. The number of thioether (sulfide) groups is 1. The lowest BCUT2D eigenvalue weighted by Gasteiger charge is -1.99. The topological polar surface area (TPSA) is 113 Å². The van der Waals surface area contributed by atoms with Crippen LogP contribution in [0.2, 0.25) is 5.02 Å². The highest BCUT2D eigenvalue weighted by Crippen LogP contribution is 2.24. The van der Waals surface area contributed by atoms with Crippen LogP contribution < -0.4 is 5.43 Å². The van der Waals surface area contributed by atoms with E-state index in [9.17, 15) is 14.9 Å². The van der Waals surface area contributed by atoms with Crippen LogP contribution in [0.25, 0.3) is 11.0 Å². The van der Waals surface area contributed by atoms with E-state index in [-0.39, 0.29) is 22.4 Å². The number of para-hydroxylation sites is 2. The van der Waals surface area contributed by atoms with Crippen molar-refractivity contribution in [3.05, 3.63) is 63.2 Å². The Labute approximate surface area is 156 Å². The third-order valence-corrected chi connectivity index (χ3v) is 4.47. The Morgan fingerprint density at radius 3 is 2.96 bits per heavy atom. The Bertz CT molecular complexity index is 971. The zero-order valence-corrected chi connectivity index (χ0v) is 14.8. The molecular weight excluding hydrogens is 378 g/mol. The molecule has 1 amide bonds. The Hall–Kier alpha value is -2.91. The van der Waals surface area contributed by atoms with Gasteiger partial charge in [0.2, 0.25) is 0 Å². The van der Waals surface area contributed by atoms with E-state index in [0.717, 1.165) is 11.0 Å². The molecule has 10 heteroatoms. The molecule has 0 saturated carbocycles. The van der Waals surface area contributed by atoms with Crippen molar-refractivity contribution in [2.45, 2.75) is 5.16 Å². The number of carbonyl (C=O) groups is 1. The van der Waals surface area contributed by atoms with Crippen LogP contribution in [0.3, 0.4) is 0 Å². The Kier molecular flexibility index (Phi) is 5.49. The molecule has 0 bridgehead atoms. The number of amides is 1. The first-order chi connectivity index (χ1) is 12.5. The highest BCUT2D eigenvalue weighted by molar-refractivity contribution is 7.99. The molecule has 3 aromatic rings. The van der Waals surface area contributed by atoms with Gasteiger partial charge in [0.1, 0.15) is 5.02 Å². The summed E-state index contributed by atoms with van der Waals surface area (Å²) in [4.78, 5) is 29.6. The van der Waals surface area contributed by atoms with Crippen LogP contribution in [0.1, 0.15) is 5.56 Å². The smallest absolute Gasteiger partial charge is 0.288 e. The van der Waals surface area contributed by atoms with Gasteiger partial charge in [-0.15, -0.1) is 0 Å². The van der Waals surface area contributed by atoms with E-state index in [1.54, 1.807) is 6.07 Å². The molecule has 0 spiro atoms. The monoisotopic (exact) mass is 389 g/mol. The number of benzene rings is 2. The van der Waals surface area contributed by atoms with E-state index in [2.05, 4.69) is 20.5 Å². The molecule has 0 aliphatic carbocycles. The van der Waals surface area contributed by atoms with Crippen LogP contribution >= 0.6 is 23.4 Å². The van der Waals surface area contributed by atoms with E-state index in [0.29, 0.717) is 10.7 Å². The molecule has 0 fully saturated rings. The summed E-state index contributed by atoms with van der Waals surface area (Å²) in [5.41, 5.74) is 4.33. The largest absolute Gasteiger partial charge is 0.333 e. The fraction of sp³-hybridized carbons (Fsp3) is 0.0625. The van der Waals surface area contributed by atoms with Crippen molar-refractivity contribution in [1.29, 1.82) is 0 Å². The fourth-order valence-corrected chi connectivity index (χ4v) is 2.96. The Morgan fingerprint density at radius 2 is 2.19 bits per heavy atom. The number of nitrogens with zero attached hydrogens (tertiary/aromatic N) is 3. The first-order valence-electron chi connectivity index (χ1n) is 7.36. The lowest BCUT2D eigenvalue weighted by atomic mass is 10.2. The molecule has 2 N–H and O–H groups in total. The van der Waals surface area contributed by atoms with Gasteiger partial charge >= 0.3 is 0 Å². The van der Waals surface area contributed by atoms with Gasteiger partial charge in [-0.3, -0.25) is 14.9 Å². The van der Waals surface area contributed by atoms with Crippen molar-refractivity contribution in [3.8, 4) is 0 Å². The van der Waals surface area contributed by atoms with E-state index < -0.39 is 4.92 Å². The zero-order chi connectivity index (χ0) is 18.5. The lowest BCUT2D eigenvalue weighted by molar-refractivity contribution is -0.384. The number of halogens is 1. The number of imidazole rings is 1. The number of hydrazone groups is 1. The van der Waals surface area contributed by atoms with Gasteiger partial charge < -0.3 is 4.98 Å². The number of nitrogens with one attached hydrogen (secondary N) is 2. The summed E-state index contributed by atoms with van der Waals surface area (Å²) in [7, 11) is 0. The highest BCUT2D eigenvalue weighted by Gasteiger charge is 2.12. The summed E-state index contributed by atoms with van der Waals surface area (Å²) >= 11 is 6.99. The van der Waals surface area contributed by atoms with Crippen LogP contribution in [0, 0.1) is 10.1 Å². The van der Waals surface area contributed by atoms with Gasteiger partial charge in [-0.2, -0.15) is 5.10 Å². The van der Waals surface area contributed by atoms with Crippen LogP contribution in [-0.2, 0) is 4.79 Å². The first-order valence-corrected chi connectivity index (χ1v) is 8.72. The predicted octanol–water partition coefficient (Wildman–Crippen LogP) is 3.37. The molecule has 0 saturated heterocycles. The minimum atomic E-state index is -0.581. The van der Waals surface area contributed by atoms with E-state index in [1.165, 1.54) is 30.1 Å². The van der Waals surface area contributed by atoms with Crippen LogP contribution in [0.5, 0.6) is 0 Å². The average molecular weight is 390 g/mol. The molecule has 1 aromatic heterocycles. The SMILES string of the molecule is O=C(CSc1nc2ccccc2[nH]1)NN=Cc1ccc(Cl)c([N+](=O)[O-])c1. The van der Waals surface area contributed by atoms with Crippen LogP contribution in [-0.4, -0.2) is 32.8 Å². The van der Waals surface area contributed by atoms with E-state index in [1.807, 2.05) is 24.3 Å². The van der Waals surface area contributed by atoms with Gasteiger partial charge in [0.05, 0.1) is 27.9 Å². The van der Waals surface area contributed by atoms with E-state index in [4.69, 9.17) is 11.6 Å². The second-order valence-electron chi connectivity index (χ2n) is 5.11. The average Bonchev–Trinajstić information content (AvgIpc) is 3.04. The number of hydrogen-bond acceptors (Lipinski definition) is 6. The van der Waals surface area contributed by atoms with Crippen molar-refractivity contribution in [2.75, 3.05) is 5.75 Å². The molecule has 2 aromatic carbocycles. The predicted molar refractivity (Wildman–Crippen MR) is 101 cm³/mol. The molecule has 0 atom stereocenters. The number of fused-ring (bicyclic) bond motifs is 1. The number of H-pyrrole nitrogens is 1. The maximum absolute atomic E-state index is 11.8. The second-order valence-corrected chi connectivity index (χ2v) is 6.48. The van der Waals surface area contributed by atoms with Gasteiger partial charge in [-0.1, -0.05) is 41.6 Å². The molecule has 0 radical (unpaired) electrons. The fourth-order valence-electron chi connectivity index (χ4n) is 2.09. The highest BCUT2D eigenvalue weighted by atomic mass is 35.5. The molecule has 132 valence electrons. The number of carbonyl (C=O) groups excluding carboxylic acids is 1. The number of aromatic nitrogens is 2. The molecule has 0 aliphatic heterocycles. The summed E-state index contributed by atoms with van der Waals surface area (Å²) in [5, 5.41) is 15.3. The van der Waals surface area contributed by atoms with Crippen LogP contribution in [0.15, 0.2) is 52.7 Å². The quantitative estimate of drug-likeness (QED) is 0.290. The maximum Gasteiger partial charge on any atom is 0.288 e. The molecule has 1 heterocycles. The van der Waals surface area contributed by atoms with Gasteiger partial charge in [-0.25, -0.2) is 10.4 Å². The third-order valence-electron chi connectivity index (χ3n) is 3.28. The van der Waals surface area contributed by atoms with Gasteiger partial charge in [0.25, 0.3) is 11.6 Å². The number of hydrogen-bond donors (Lipinski definition) is 2. The summed E-state index contributed by atoms with van der Waals surface area (Å²) in [6.07, 6.45) is 1.31. The van der Waals surface area contributed by atoms with Crippen LogP contribution in [0.4, 0.5) is 5.69 Å². The molecule has 0 aliphatic rings. The van der Waals surface area contributed by atoms with Crippen molar-refractivity contribution >= 4 is 52.2 Å². The first kappa shape index (κ1) is 17.9. The molecule has 8 nitrogen and oxygen atoms in total. The summed E-state index contributed by atoms with van der Waals surface area (Å²) < 4.78 is 0. The third kappa shape index (κ3) is 4.38. The minimum Gasteiger partial charge on any atom is -0.333 e. The van der Waals surface area contributed by atoms with Crippen molar-refractivity contribution in [1.82, 2.24) is 15.4 Å². The van der Waals surface area contributed by atoms with Gasteiger partial charge in [-0.05, 0) is 18.2 Å². The van der Waals surface area contributed by atoms with Gasteiger partial charge in [0.15, 0.2) is 5.16 Å². The lowest BCUT2D eigenvalue weighted by Crippen LogP contribution is -2.19. The van der Waals surface area contributed by atoms with Crippen molar-refractivity contribution < 1.29 is 9.72 Å². The number of nitro groups is 1. The molecule has 3 rings (SSSR count). The van der Waals surface area contributed by atoms with Crippen molar-refractivity contribution in [3.63, 3.8) is 0 Å². The minimum absolute atomic E-state index is 0.0402. The summed E-state index contributed by atoms with van der Waals surface area (Å²) in [5.74, 6) is -0.201. The van der Waals surface area contributed by atoms with Gasteiger partial charge in [0, 0.05) is 11.6 Å². The Balaban J connectivity index is 1.54. The Morgan fingerprint density at radius 1 is 1.38 bits per heavy atom. The number of aromatic amines is 1. The molecule has 26 heavy (non-hydrogen) atoms. The molecular formula is C16H12ClN5O3S. The van der Waals surface area contributed by atoms with E-state index >= 15 is 0 Å². The standard InChI is InChI=1S/C16H12ClN5O3S/c17-11-6-5-10(7-14(11)22(24)25)8-18-21-15(23)9-26-16-19-12-3-1-2-4-13(12)20-16/h1-8H,9H2,(H,19,20)(H,21,23). The molecule has 0 unspecified atom stereocenters. The number of rotatable bonds is 6. The summed E-state index contributed by atoms with van der Waals surface area (Å²) in [6, 6.07) is 11.8. The van der Waals surface area contributed by atoms with Crippen molar-refractivity contribution in [2.24, 2.45) is 5.10 Å². The summed E-state index contributed by atoms with van der Waals surface area (Å²) in [6.45, 7) is 0. The maximum atomic E-state index is 11.8. The zero-order valence-electron chi connectivity index (χ0n) is 13.2.